The predicted octanol–water partition coefficient (Wildman–Crippen LogP) is 3.74. The van der Waals surface area contributed by atoms with E-state index < -0.39 is 11.8 Å². The Kier molecular flexibility index (Phi) is 7.08. The van der Waals surface area contributed by atoms with Crippen LogP contribution in [0.1, 0.15) is 23.1 Å². The summed E-state index contributed by atoms with van der Waals surface area (Å²) in [7, 11) is 0. The largest absolute Gasteiger partial charge is 0.505 e. The maximum absolute atomic E-state index is 12.4. The van der Waals surface area contributed by atoms with Crippen molar-refractivity contribution in [2.45, 2.75) is 19.4 Å². The molecule has 190 valence electrons. The second-order valence-electron chi connectivity index (χ2n) is 8.69. The third kappa shape index (κ3) is 5.52. The average molecular weight is 509 g/mol. The standard InChI is InChI=1S/C29H24N4O5/c34-26-13-14-27(35)32(26)19-22-17-21(12-15-28(36)38-16-6-9-20-7-2-1-3-8-20)18-25(29(22)37)33-30-23-10-4-5-11-24(23)31-33/h1-11,13-14,17-18,37H,12,15-16,19H2/b9-6+. The van der Waals surface area contributed by atoms with Crippen LogP contribution in [0.4, 0.5) is 0 Å². The number of amides is 2. The Bertz CT molecular complexity index is 1520. The highest BCUT2D eigenvalue weighted by Crippen LogP contribution is 2.30. The highest BCUT2D eigenvalue weighted by Gasteiger charge is 2.26. The van der Waals surface area contributed by atoms with Gasteiger partial charge in [0.2, 0.25) is 0 Å². The number of fused-ring (bicyclic) bond motifs is 1. The van der Waals surface area contributed by atoms with E-state index in [1.54, 1.807) is 30.3 Å². The molecule has 0 atom stereocenters. The number of nitrogens with zero attached hydrogens (tertiary/aromatic N) is 4. The van der Waals surface area contributed by atoms with E-state index in [4.69, 9.17) is 4.74 Å². The van der Waals surface area contributed by atoms with Crippen molar-refractivity contribution in [3.8, 4) is 11.4 Å². The molecule has 9 heteroatoms. The summed E-state index contributed by atoms with van der Waals surface area (Å²) in [6.07, 6.45) is 6.43. The molecule has 0 spiro atoms. The summed E-state index contributed by atoms with van der Waals surface area (Å²) in [5, 5.41) is 20.0. The zero-order valence-electron chi connectivity index (χ0n) is 20.4. The van der Waals surface area contributed by atoms with E-state index in [-0.39, 0.29) is 37.0 Å². The molecule has 1 aromatic heterocycles. The fourth-order valence-corrected chi connectivity index (χ4v) is 4.09. The van der Waals surface area contributed by atoms with Gasteiger partial charge in [-0.05, 0) is 41.8 Å². The van der Waals surface area contributed by atoms with Crippen LogP contribution < -0.4 is 0 Å². The van der Waals surface area contributed by atoms with E-state index in [0.717, 1.165) is 10.5 Å². The van der Waals surface area contributed by atoms with Gasteiger partial charge in [-0.15, -0.1) is 15.0 Å². The second kappa shape index (κ2) is 10.9. The third-order valence-electron chi connectivity index (χ3n) is 6.03. The minimum atomic E-state index is -0.462. The van der Waals surface area contributed by atoms with Gasteiger partial charge in [0.15, 0.2) is 0 Å². The number of carbonyl (C=O) groups excluding carboxylic acids is 3. The average Bonchev–Trinajstić information content (AvgIpc) is 3.50. The molecule has 1 aliphatic rings. The van der Waals surface area contributed by atoms with Gasteiger partial charge in [0.25, 0.3) is 11.8 Å². The number of aromatic hydroxyl groups is 1. The molecule has 0 saturated carbocycles. The number of benzene rings is 3. The first kappa shape index (κ1) is 24.6. The van der Waals surface area contributed by atoms with E-state index in [0.29, 0.717) is 28.6 Å². The molecule has 3 aromatic carbocycles. The SMILES string of the molecule is O=C(CCc1cc(CN2C(=O)C=CC2=O)c(O)c(-n2nc3ccccc3n2)c1)OC/C=C/c1ccccc1. The Morgan fingerprint density at radius 1 is 0.921 bits per heavy atom. The van der Waals surface area contributed by atoms with E-state index in [1.807, 2.05) is 48.5 Å². The molecule has 1 N–H and O–H groups in total. The first-order chi connectivity index (χ1) is 18.5. The molecule has 0 fully saturated rings. The van der Waals surface area contributed by atoms with Crippen molar-refractivity contribution in [3.05, 3.63) is 102 Å². The quantitative estimate of drug-likeness (QED) is 0.271. The Hall–Kier alpha value is -5.05. The lowest BCUT2D eigenvalue weighted by molar-refractivity contribution is -0.142. The van der Waals surface area contributed by atoms with Crippen molar-refractivity contribution in [2.75, 3.05) is 6.61 Å². The van der Waals surface area contributed by atoms with Gasteiger partial charge in [-0.2, -0.15) is 0 Å². The van der Waals surface area contributed by atoms with Crippen LogP contribution in [0, 0.1) is 0 Å². The van der Waals surface area contributed by atoms with Gasteiger partial charge >= 0.3 is 5.97 Å². The monoisotopic (exact) mass is 508 g/mol. The lowest BCUT2D eigenvalue weighted by Crippen LogP contribution is -2.29. The summed E-state index contributed by atoms with van der Waals surface area (Å²) in [5.74, 6) is -1.46. The van der Waals surface area contributed by atoms with Crippen LogP contribution in [0.25, 0.3) is 22.8 Å². The number of imide groups is 1. The first-order valence-corrected chi connectivity index (χ1v) is 12.1. The number of ether oxygens (including phenoxy) is 1. The van der Waals surface area contributed by atoms with Crippen LogP contribution in [-0.4, -0.2) is 49.4 Å². The van der Waals surface area contributed by atoms with Crippen molar-refractivity contribution in [2.24, 2.45) is 0 Å². The minimum absolute atomic E-state index is 0.0977. The van der Waals surface area contributed by atoms with Crippen LogP contribution in [0.5, 0.6) is 5.75 Å². The first-order valence-electron chi connectivity index (χ1n) is 12.1. The predicted molar refractivity (Wildman–Crippen MR) is 140 cm³/mol. The van der Waals surface area contributed by atoms with Crippen LogP contribution in [0.3, 0.4) is 0 Å². The van der Waals surface area contributed by atoms with Crippen molar-refractivity contribution in [1.82, 2.24) is 19.9 Å². The van der Waals surface area contributed by atoms with Crippen LogP contribution in [-0.2, 0) is 32.1 Å². The van der Waals surface area contributed by atoms with Gasteiger partial charge in [-0.1, -0.05) is 54.6 Å². The van der Waals surface area contributed by atoms with Gasteiger partial charge in [0, 0.05) is 24.1 Å². The normalized spacial score (nSPS) is 13.2. The van der Waals surface area contributed by atoms with Gasteiger partial charge in [0.05, 0.1) is 6.54 Å². The number of aryl methyl sites for hydroxylation is 1. The summed E-state index contributed by atoms with van der Waals surface area (Å²) in [6, 6.07) is 20.3. The van der Waals surface area contributed by atoms with E-state index in [9.17, 15) is 19.5 Å². The number of hydrogen-bond donors (Lipinski definition) is 1. The third-order valence-corrected chi connectivity index (χ3v) is 6.03. The summed E-state index contributed by atoms with van der Waals surface area (Å²) in [6.45, 7) is 0.0165. The lowest BCUT2D eigenvalue weighted by atomic mass is 10.0. The molecule has 1 aliphatic heterocycles. The summed E-state index contributed by atoms with van der Waals surface area (Å²) in [5.41, 5.74) is 3.60. The lowest BCUT2D eigenvalue weighted by Gasteiger charge is -2.17. The van der Waals surface area contributed by atoms with Gasteiger partial charge < -0.3 is 9.84 Å². The number of rotatable bonds is 9. The molecule has 5 rings (SSSR count). The van der Waals surface area contributed by atoms with Crippen LogP contribution >= 0.6 is 0 Å². The number of carbonyl (C=O) groups is 3. The Labute approximate surface area is 218 Å². The number of aromatic nitrogens is 3. The van der Waals surface area contributed by atoms with Gasteiger partial charge in [0.1, 0.15) is 29.1 Å². The highest BCUT2D eigenvalue weighted by molar-refractivity contribution is 6.12. The number of phenolic OH excluding ortho intramolecular Hbond substituents is 1. The molecule has 4 aromatic rings. The fraction of sp³-hybridized carbons (Fsp3) is 0.138. The van der Waals surface area contributed by atoms with Crippen molar-refractivity contribution < 1.29 is 24.2 Å². The zero-order valence-corrected chi connectivity index (χ0v) is 20.4. The molecule has 2 amide bonds. The van der Waals surface area contributed by atoms with Crippen molar-refractivity contribution >= 4 is 34.9 Å². The van der Waals surface area contributed by atoms with Crippen LogP contribution in [0.15, 0.2) is 85.0 Å². The molecule has 0 aliphatic carbocycles. The molecule has 0 unspecified atom stereocenters. The zero-order chi connectivity index (χ0) is 26.5. The maximum atomic E-state index is 12.4. The fourth-order valence-electron chi connectivity index (χ4n) is 4.09. The second-order valence-corrected chi connectivity index (χ2v) is 8.69. The molecule has 9 nitrogen and oxygen atoms in total. The Morgan fingerprint density at radius 3 is 2.26 bits per heavy atom. The molecule has 38 heavy (non-hydrogen) atoms. The molecular weight excluding hydrogens is 484 g/mol. The van der Waals surface area contributed by atoms with E-state index in [2.05, 4.69) is 10.2 Å². The van der Waals surface area contributed by atoms with E-state index >= 15 is 0 Å². The van der Waals surface area contributed by atoms with Crippen molar-refractivity contribution in [1.29, 1.82) is 0 Å². The summed E-state index contributed by atoms with van der Waals surface area (Å²) in [4.78, 5) is 39.0. The summed E-state index contributed by atoms with van der Waals surface area (Å²) >= 11 is 0. The molecule has 0 saturated heterocycles. The highest BCUT2D eigenvalue weighted by atomic mass is 16.5. The molecule has 0 bridgehead atoms. The minimum Gasteiger partial charge on any atom is -0.505 e. The molecule has 2 heterocycles. The van der Waals surface area contributed by atoms with Crippen molar-refractivity contribution in [3.63, 3.8) is 0 Å². The topological polar surface area (TPSA) is 115 Å². The Balaban J connectivity index is 1.34. The maximum Gasteiger partial charge on any atom is 0.306 e. The smallest absolute Gasteiger partial charge is 0.306 e. The van der Waals surface area contributed by atoms with Crippen LogP contribution in [0.2, 0.25) is 0 Å². The Morgan fingerprint density at radius 2 is 1.58 bits per heavy atom. The van der Waals surface area contributed by atoms with Gasteiger partial charge in [-0.25, -0.2) is 0 Å². The summed E-state index contributed by atoms with van der Waals surface area (Å²) < 4.78 is 5.32. The van der Waals surface area contributed by atoms with Gasteiger partial charge in [-0.3, -0.25) is 19.3 Å². The molecular formula is C29H24N4O5. The number of phenols is 1. The number of hydrogen-bond acceptors (Lipinski definition) is 7. The molecule has 0 radical (unpaired) electrons. The number of esters is 1. The van der Waals surface area contributed by atoms with E-state index in [1.165, 1.54) is 16.9 Å².